The van der Waals surface area contributed by atoms with Crippen LogP contribution in [0.2, 0.25) is 5.02 Å². The summed E-state index contributed by atoms with van der Waals surface area (Å²) in [7, 11) is 2.99. The fraction of sp³-hybridized carbons (Fsp3) is 0.538. The molecule has 19 heavy (non-hydrogen) atoms. The third-order valence-corrected chi connectivity index (χ3v) is 3.13. The maximum Gasteiger partial charge on any atom is 0.310 e. The number of carbonyl (C=O) groups excluding carboxylic acids is 2. The molecule has 0 saturated heterocycles. The zero-order chi connectivity index (χ0) is 14.6. The molecule has 0 radical (unpaired) electrons. The summed E-state index contributed by atoms with van der Waals surface area (Å²) in [6.45, 7) is 4.62. The minimum atomic E-state index is -0.362. The quantitative estimate of drug-likeness (QED) is 0.779. The van der Waals surface area contributed by atoms with Crippen LogP contribution in [0.4, 0.5) is 0 Å². The number of esters is 1. The van der Waals surface area contributed by atoms with Gasteiger partial charge in [0.05, 0.1) is 18.1 Å². The summed E-state index contributed by atoms with van der Waals surface area (Å²) >= 11 is 5.91. The number of aryl methyl sites for hydroxylation is 1. The molecule has 0 saturated carbocycles. The Labute approximate surface area is 118 Å². The van der Waals surface area contributed by atoms with Crippen molar-refractivity contribution in [3.05, 3.63) is 23.0 Å². The number of amides is 1. The van der Waals surface area contributed by atoms with Gasteiger partial charge in [-0.3, -0.25) is 9.59 Å². The van der Waals surface area contributed by atoms with E-state index in [2.05, 4.69) is 4.74 Å². The zero-order valence-electron chi connectivity index (χ0n) is 11.6. The predicted octanol–water partition coefficient (Wildman–Crippen LogP) is 2.04. The highest BCUT2D eigenvalue weighted by Gasteiger charge is 2.21. The number of aromatic nitrogens is 1. The summed E-state index contributed by atoms with van der Waals surface area (Å²) in [5, 5.41) is 0.527. The molecule has 0 aliphatic rings. The standard InChI is InChI=1S/C13H19ClN2O3/c1-5-16-8-10(14)6-11(16)12(17)15(3)7-9(2)13(18)19-4/h6,8-9H,5,7H2,1-4H3. The van der Waals surface area contributed by atoms with E-state index in [0.717, 1.165) is 0 Å². The zero-order valence-corrected chi connectivity index (χ0v) is 12.4. The lowest BCUT2D eigenvalue weighted by molar-refractivity contribution is -0.145. The lowest BCUT2D eigenvalue weighted by atomic mass is 10.1. The highest BCUT2D eigenvalue weighted by atomic mass is 35.5. The highest BCUT2D eigenvalue weighted by Crippen LogP contribution is 2.16. The Morgan fingerprint density at radius 1 is 1.53 bits per heavy atom. The Morgan fingerprint density at radius 3 is 2.68 bits per heavy atom. The largest absolute Gasteiger partial charge is 0.469 e. The van der Waals surface area contributed by atoms with Crippen LogP contribution in [0.5, 0.6) is 0 Å². The average molecular weight is 287 g/mol. The van der Waals surface area contributed by atoms with E-state index >= 15 is 0 Å². The second kappa shape index (κ2) is 6.61. The molecule has 5 nitrogen and oxygen atoms in total. The smallest absolute Gasteiger partial charge is 0.310 e. The molecular formula is C13H19ClN2O3. The van der Waals surface area contributed by atoms with Crippen molar-refractivity contribution in [3.8, 4) is 0 Å². The van der Waals surface area contributed by atoms with Crippen molar-refractivity contribution >= 4 is 23.5 Å². The molecule has 1 heterocycles. The molecule has 0 aromatic carbocycles. The van der Waals surface area contributed by atoms with Gasteiger partial charge in [-0.2, -0.15) is 0 Å². The van der Waals surface area contributed by atoms with Crippen molar-refractivity contribution in [1.82, 2.24) is 9.47 Å². The summed E-state index contributed by atoms with van der Waals surface area (Å²) in [4.78, 5) is 25.1. The number of carbonyl (C=O) groups is 2. The molecule has 0 N–H and O–H groups in total. The van der Waals surface area contributed by atoms with Crippen LogP contribution < -0.4 is 0 Å². The molecular weight excluding hydrogens is 268 g/mol. The number of hydrogen-bond donors (Lipinski definition) is 0. The first-order chi connectivity index (χ1) is 8.90. The van der Waals surface area contributed by atoms with E-state index in [1.807, 2.05) is 6.92 Å². The van der Waals surface area contributed by atoms with Gasteiger partial charge in [-0.25, -0.2) is 0 Å². The van der Waals surface area contributed by atoms with Crippen LogP contribution in [-0.4, -0.2) is 42.0 Å². The van der Waals surface area contributed by atoms with Crippen LogP contribution >= 0.6 is 11.6 Å². The van der Waals surface area contributed by atoms with E-state index in [1.165, 1.54) is 12.0 Å². The molecule has 0 fully saturated rings. The summed E-state index contributed by atoms with van der Waals surface area (Å²) in [5.41, 5.74) is 0.520. The van der Waals surface area contributed by atoms with Gasteiger partial charge in [-0.15, -0.1) is 0 Å². The summed E-state index contributed by atoms with van der Waals surface area (Å²) in [6, 6.07) is 1.63. The average Bonchev–Trinajstić information content (AvgIpc) is 2.77. The Balaban J connectivity index is 2.79. The number of ether oxygens (including phenoxy) is 1. The Bertz CT molecular complexity index is 470. The molecule has 0 aliphatic carbocycles. The molecule has 0 spiro atoms. The lowest BCUT2D eigenvalue weighted by Gasteiger charge is -2.20. The minimum Gasteiger partial charge on any atom is -0.469 e. The van der Waals surface area contributed by atoms with Crippen LogP contribution in [0, 0.1) is 5.92 Å². The van der Waals surface area contributed by atoms with Gasteiger partial charge in [-0.05, 0) is 13.0 Å². The summed E-state index contributed by atoms with van der Waals surface area (Å²) in [6.07, 6.45) is 1.71. The highest BCUT2D eigenvalue weighted by molar-refractivity contribution is 6.31. The van der Waals surface area contributed by atoms with Crippen molar-refractivity contribution in [3.63, 3.8) is 0 Å². The Hall–Kier alpha value is -1.49. The topological polar surface area (TPSA) is 51.5 Å². The van der Waals surface area contributed by atoms with Gasteiger partial charge in [0.25, 0.3) is 5.91 Å². The molecule has 1 unspecified atom stereocenters. The van der Waals surface area contributed by atoms with E-state index in [0.29, 0.717) is 23.8 Å². The van der Waals surface area contributed by atoms with Crippen molar-refractivity contribution in [2.24, 2.45) is 5.92 Å². The van der Waals surface area contributed by atoms with Gasteiger partial charge < -0.3 is 14.2 Å². The van der Waals surface area contributed by atoms with Gasteiger partial charge in [0.2, 0.25) is 0 Å². The van der Waals surface area contributed by atoms with Gasteiger partial charge in [0.15, 0.2) is 0 Å². The van der Waals surface area contributed by atoms with Crippen LogP contribution in [0.1, 0.15) is 24.3 Å². The first kappa shape index (κ1) is 15.6. The monoisotopic (exact) mass is 286 g/mol. The molecule has 1 amide bonds. The number of hydrogen-bond acceptors (Lipinski definition) is 3. The molecule has 1 aromatic heterocycles. The maximum atomic E-state index is 12.3. The van der Waals surface area contributed by atoms with Crippen LogP contribution in [0.25, 0.3) is 0 Å². The molecule has 6 heteroatoms. The fourth-order valence-corrected chi connectivity index (χ4v) is 2.10. The van der Waals surface area contributed by atoms with Crippen molar-refractivity contribution < 1.29 is 14.3 Å². The number of nitrogens with zero attached hydrogens (tertiary/aromatic N) is 2. The van der Waals surface area contributed by atoms with Crippen molar-refractivity contribution in [2.45, 2.75) is 20.4 Å². The van der Waals surface area contributed by atoms with Gasteiger partial charge in [0, 0.05) is 26.3 Å². The van der Waals surface area contributed by atoms with Gasteiger partial charge in [-0.1, -0.05) is 18.5 Å². The maximum absolute atomic E-state index is 12.3. The first-order valence-corrected chi connectivity index (χ1v) is 6.47. The summed E-state index contributed by atoms with van der Waals surface area (Å²) < 4.78 is 6.43. The molecule has 1 atom stereocenters. The van der Waals surface area contributed by atoms with Gasteiger partial charge in [0.1, 0.15) is 5.69 Å². The third kappa shape index (κ3) is 3.73. The third-order valence-electron chi connectivity index (χ3n) is 2.92. The van der Waals surface area contributed by atoms with Crippen molar-refractivity contribution in [2.75, 3.05) is 20.7 Å². The second-order valence-electron chi connectivity index (χ2n) is 4.44. The number of halogens is 1. The van der Waals surface area contributed by atoms with Crippen LogP contribution in [0.3, 0.4) is 0 Å². The van der Waals surface area contributed by atoms with Crippen molar-refractivity contribution in [1.29, 1.82) is 0 Å². The predicted molar refractivity (Wildman–Crippen MR) is 73.3 cm³/mol. The van der Waals surface area contributed by atoms with E-state index in [-0.39, 0.29) is 17.8 Å². The minimum absolute atomic E-state index is 0.162. The number of methoxy groups -OCH3 is 1. The molecule has 0 bridgehead atoms. The summed E-state index contributed by atoms with van der Waals surface area (Å²) in [5.74, 6) is -0.854. The lowest BCUT2D eigenvalue weighted by Crippen LogP contribution is -2.35. The van der Waals surface area contributed by atoms with Crippen LogP contribution in [0.15, 0.2) is 12.3 Å². The van der Waals surface area contributed by atoms with E-state index in [4.69, 9.17) is 11.6 Å². The molecule has 0 aliphatic heterocycles. The number of rotatable bonds is 5. The first-order valence-electron chi connectivity index (χ1n) is 6.09. The van der Waals surface area contributed by atoms with Gasteiger partial charge >= 0.3 is 5.97 Å². The van der Waals surface area contributed by atoms with E-state index < -0.39 is 0 Å². The van der Waals surface area contributed by atoms with Crippen LogP contribution in [-0.2, 0) is 16.1 Å². The second-order valence-corrected chi connectivity index (χ2v) is 4.88. The molecule has 106 valence electrons. The molecule has 1 rings (SSSR count). The fourth-order valence-electron chi connectivity index (χ4n) is 1.88. The Morgan fingerprint density at radius 2 is 2.16 bits per heavy atom. The molecule has 1 aromatic rings. The Kier molecular flexibility index (Phi) is 5.42. The SMILES string of the molecule is CCn1cc(Cl)cc1C(=O)N(C)CC(C)C(=O)OC. The van der Waals surface area contributed by atoms with E-state index in [9.17, 15) is 9.59 Å². The van der Waals surface area contributed by atoms with E-state index in [1.54, 1.807) is 30.8 Å². The normalized spacial score (nSPS) is 12.1.